The summed E-state index contributed by atoms with van der Waals surface area (Å²) in [6.07, 6.45) is 13.2. The van der Waals surface area contributed by atoms with E-state index in [1.165, 1.54) is 29.0 Å². The van der Waals surface area contributed by atoms with Gasteiger partial charge in [-0.3, -0.25) is 19.2 Å². The summed E-state index contributed by atoms with van der Waals surface area (Å²) in [4.78, 5) is 44.5. The molecule has 3 N–H and O–H groups in total. The second-order valence-corrected chi connectivity index (χ2v) is 14.4. The fourth-order valence-electron chi connectivity index (χ4n) is 4.63. The zero-order chi connectivity index (χ0) is 38.3. The van der Waals surface area contributed by atoms with Crippen LogP contribution >= 0.6 is 23.3 Å². The van der Waals surface area contributed by atoms with Crippen LogP contribution < -0.4 is 10.6 Å². The molecule has 286 valence electrons. The Morgan fingerprint density at radius 1 is 1.12 bits per heavy atom. The quantitative estimate of drug-likeness (QED) is 0.0760. The molecule has 3 unspecified atom stereocenters. The molecule has 1 aromatic rings. The van der Waals surface area contributed by atoms with Gasteiger partial charge in [0.1, 0.15) is 0 Å². The molecule has 3 heterocycles. The maximum Gasteiger partial charge on any atom is 0.290 e. The maximum absolute atomic E-state index is 11.3. The van der Waals surface area contributed by atoms with Crippen molar-refractivity contribution in [3.05, 3.63) is 28.5 Å². The molecule has 0 spiro atoms. The van der Waals surface area contributed by atoms with Crippen molar-refractivity contribution in [3.63, 3.8) is 0 Å². The molecule has 4 atom stereocenters. The molecule has 1 saturated heterocycles. The van der Waals surface area contributed by atoms with E-state index >= 15 is 0 Å². The Morgan fingerprint density at radius 3 is 2.22 bits per heavy atom. The lowest BCUT2D eigenvalue weighted by Gasteiger charge is -2.32. The van der Waals surface area contributed by atoms with Gasteiger partial charge in [0.2, 0.25) is 18.7 Å². The summed E-state index contributed by atoms with van der Waals surface area (Å²) >= 11 is 3.72. The normalized spacial score (nSPS) is 16.5. The van der Waals surface area contributed by atoms with Gasteiger partial charge in [0.15, 0.2) is 0 Å². The second kappa shape index (κ2) is 32.8. The third-order valence-electron chi connectivity index (χ3n) is 7.62. The molecule has 0 bridgehead atoms. The van der Waals surface area contributed by atoms with Crippen LogP contribution in [0, 0.1) is 11.3 Å². The number of allylic oxidation sites excluding steroid dienone is 1. The fraction of sp³-hybridized carbons (Fsp3) is 0.730. The minimum absolute atomic E-state index is 0.0205. The average Bonchev–Trinajstić information content (AvgIpc) is 3.82. The summed E-state index contributed by atoms with van der Waals surface area (Å²) in [5.74, 6) is 0.439. The summed E-state index contributed by atoms with van der Waals surface area (Å²) in [6, 6.07) is 2.78. The maximum atomic E-state index is 11.3. The van der Waals surface area contributed by atoms with Gasteiger partial charge in [0.05, 0.1) is 12.6 Å². The van der Waals surface area contributed by atoms with Gasteiger partial charge >= 0.3 is 0 Å². The van der Waals surface area contributed by atoms with E-state index in [4.69, 9.17) is 14.6 Å². The molecule has 1 fully saturated rings. The van der Waals surface area contributed by atoms with Crippen molar-refractivity contribution >= 4 is 48.5 Å². The number of nitrogens with zero attached hydrogens (tertiary/aromatic N) is 2. The number of carboxylic acid groups (broad SMARTS) is 1. The van der Waals surface area contributed by atoms with Crippen molar-refractivity contribution in [1.29, 1.82) is 0 Å². The van der Waals surface area contributed by atoms with E-state index in [9.17, 15) is 14.4 Å². The number of carbonyl (C=O) groups is 4. The largest absolute Gasteiger partial charge is 0.483 e. The summed E-state index contributed by atoms with van der Waals surface area (Å²) < 4.78 is 8.00. The number of hydrogen-bond donors (Lipinski definition) is 3. The highest BCUT2D eigenvalue weighted by atomic mass is 32.2. The van der Waals surface area contributed by atoms with Crippen molar-refractivity contribution in [2.24, 2.45) is 11.3 Å². The lowest BCUT2D eigenvalue weighted by molar-refractivity contribution is -0.131. The van der Waals surface area contributed by atoms with E-state index < -0.39 is 0 Å². The van der Waals surface area contributed by atoms with Crippen molar-refractivity contribution in [3.8, 4) is 0 Å². The van der Waals surface area contributed by atoms with Crippen LogP contribution in [0.3, 0.4) is 0 Å². The van der Waals surface area contributed by atoms with E-state index in [2.05, 4.69) is 73.2 Å². The lowest BCUT2D eigenvalue weighted by atomic mass is 9.89. The molecule has 2 aliphatic heterocycles. The predicted octanol–water partition coefficient (Wildman–Crippen LogP) is 8.02. The number of amides is 3. The first kappa shape index (κ1) is 51.0. The van der Waals surface area contributed by atoms with Gasteiger partial charge < -0.3 is 25.4 Å². The minimum atomic E-state index is -0.250. The Kier molecular flexibility index (Phi) is 34.1. The lowest BCUT2D eigenvalue weighted by Crippen LogP contribution is -2.39. The Morgan fingerprint density at radius 2 is 1.76 bits per heavy atom. The second-order valence-electron chi connectivity index (χ2n) is 12.3. The average molecular weight is 731 g/mol. The van der Waals surface area contributed by atoms with Crippen LogP contribution in [0.1, 0.15) is 120 Å². The highest BCUT2D eigenvalue weighted by Gasteiger charge is 2.30. The monoisotopic (exact) mass is 730 g/mol. The van der Waals surface area contributed by atoms with Crippen LogP contribution in [0.2, 0.25) is 0 Å². The van der Waals surface area contributed by atoms with Crippen LogP contribution in [-0.4, -0.2) is 84.4 Å². The number of unbranched alkanes of at least 4 members (excludes halogenated alkanes) is 3. The first-order valence-electron chi connectivity index (χ1n) is 17.8. The van der Waals surface area contributed by atoms with Crippen molar-refractivity contribution < 1.29 is 29.0 Å². The number of ether oxygens (including phenoxy) is 1. The third-order valence-corrected chi connectivity index (χ3v) is 9.77. The molecule has 12 heteroatoms. The number of rotatable bonds is 14. The topological polar surface area (TPSA) is 128 Å². The summed E-state index contributed by atoms with van der Waals surface area (Å²) in [7, 11) is 1.81. The van der Waals surface area contributed by atoms with Crippen molar-refractivity contribution in [1.82, 2.24) is 19.8 Å². The third kappa shape index (κ3) is 24.4. The van der Waals surface area contributed by atoms with Gasteiger partial charge in [-0.2, -0.15) is 0 Å². The van der Waals surface area contributed by atoms with Crippen LogP contribution in [0.4, 0.5) is 0 Å². The Hall–Kier alpha value is -2.41. The number of methoxy groups -OCH3 is 1. The number of nitrogens with one attached hydrogen (secondary N) is 2. The first-order chi connectivity index (χ1) is 23.4. The minimum Gasteiger partial charge on any atom is -0.483 e. The van der Waals surface area contributed by atoms with Crippen molar-refractivity contribution in [2.75, 3.05) is 26.7 Å². The van der Waals surface area contributed by atoms with Gasteiger partial charge in [-0.25, -0.2) is 4.31 Å². The van der Waals surface area contributed by atoms with E-state index in [0.717, 1.165) is 45.3 Å². The van der Waals surface area contributed by atoms with Gasteiger partial charge in [-0.1, -0.05) is 87.3 Å². The fourth-order valence-corrected chi connectivity index (χ4v) is 6.81. The number of likely N-dealkylation sites (tertiary alicyclic amines) is 1. The molecule has 49 heavy (non-hydrogen) atoms. The van der Waals surface area contributed by atoms with Gasteiger partial charge in [-0.15, -0.1) is 11.3 Å². The molecular weight excluding hydrogens is 661 g/mol. The molecular formula is C37H70N4O6S2. The van der Waals surface area contributed by atoms with E-state index in [0.29, 0.717) is 18.4 Å². The number of carbonyl (C=O) groups excluding carboxylic acids is 3. The van der Waals surface area contributed by atoms with Crippen LogP contribution in [0.5, 0.6) is 0 Å². The molecule has 0 saturated carbocycles. The van der Waals surface area contributed by atoms with Crippen LogP contribution in [-0.2, 0) is 30.5 Å². The van der Waals surface area contributed by atoms with Crippen LogP contribution in [0.25, 0.3) is 0 Å². The summed E-state index contributed by atoms with van der Waals surface area (Å²) in [6.45, 7) is 25.9. The number of hydrogen-bond acceptors (Lipinski definition) is 8. The SMILES string of the molecule is CC.CC.CCCCC/C=C\C(C)C(C)NC=O.COC(CN1Cc2sccc2S1)C(C)(C)C.C[C@@H]1CCCN1C(=O)CNC=O.O=CO. The van der Waals surface area contributed by atoms with Gasteiger partial charge in [0.25, 0.3) is 6.47 Å². The molecule has 2 aliphatic rings. The Labute approximate surface area is 307 Å². The Bertz CT molecular complexity index is 966. The van der Waals surface area contributed by atoms with Gasteiger partial charge in [0, 0.05) is 48.6 Å². The smallest absolute Gasteiger partial charge is 0.290 e. The van der Waals surface area contributed by atoms with E-state index in [1.807, 2.05) is 76.8 Å². The molecule has 1 aromatic heterocycles. The van der Waals surface area contributed by atoms with Crippen molar-refractivity contribution in [2.45, 2.75) is 144 Å². The zero-order valence-electron chi connectivity index (χ0n) is 32.6. The molecule has 0 radical (unpaired) electrons. The molecule has 3 amide bonds. The standard InChI is InChI=1S/C12H19NOS2.C12H23NO.C8H14N2O2.2C2H6.CH2O2/c1-12(2,3)11(14-4)8-13-7-10-9(16-13)5-6-15-10;1-4-5-6-7-8-9-11(2)12(3)13-10-14;1-7-3-2-4-10(7)8(12)5-9-6-11;2*1-2;2-1-3/h5-6,11H,7-8H2,1-4H3;8-12H,4-7H2,1-3H3,(H,13,14);6-7H,2-5H2,1H3,(H,9,11);2*1-2H3;1H,(H,2,3)/b;9-8-;;;;/t;;7-;;;/m..1.../s1. The summed E-state index contributed by atoms with van der Waals surface area (Å²) in [5, 5.41) is 14.2. The predicted molar refractivity (Wildman–Crippen MR) is 208 cm³/mol. The van der Waals surface area contributed by atoms with E-state index in [1.54, 1.807) is 0 Å². The van der Waals surface area contributed by atoms with E-state index in [-0.39, 0.29) is 36.5 Å². The molecule has 0 aromatic carbocycles. The summed E-state index contributed by atoms with van der Waals surface area (Å²) in [5.41, 5.74) is 0.200. The molecule has 0 aliphatic carbocycles. The zero-order valence-corrected chi connectivity index (χ0v) is 34.3. The highest BCUT2D eigenvalue weighted by Crippen LogP contribution is 2.40. The van der Waals surface area contributed by atoms with Crippen LogP contribution in [0.15, 0.2) is 28.5 Å². The molecule has 3 rings (SSSR count). The highest BCUT2D eigenvalue weighted by molar-refractivity contribution is 7.97. The molecule has 10 nitrogen and oxygen atoms in total. The number of thiophene rings is 1. The Balaban J connectivity index is -0.000000597. The number of fused-ring (bicyclic) bond motifs is 1. The first-order valence-corrected chi connectivity index (χ1v) is 19.5. The van der Waals surface area contributed by atoms with Gasteiger partial charge in [-0.05, 0) is 74.3 Å².